The molecule has 0 saturated carbocycles. The van der Waals surface area contributed by atoms with E-state index in [1.165, 1.54) is 10.1 Å². The smallest absolute Gasteiger partial charge is 0.251 e. The fraction of sp³-hybridized carbons (Fsp3) is 0.294. The first kappa shape index (κ1) is 13.6. The van der Waals surface area contributed by atoms with Crippen LogP contribution >= 0.6 is 0 Å². The first-order chi connectivity index (χ1) is 10.1. The van der Waals surface area contributed by atoms with Crippen LogP contribution in [0.5, 0.6) is 0 Å². The van der Waals surface area contributed by atoms with E-state index in [1.54, 1.807) is 17.2 Å². The predicted octanol–water partition coefficient (Wildman–Crippen LogP) is 2.14. The molecule has 2 heterocycles. The summed E-state index contributed by atoms with van der Waals surface area (Å²) in [6, 6.07) is 11.4. The largest absolute Gasteiger partial charge is 0.311 e. The summed E-state index contributed by atoms with van der Waals surface area (Å²) in [7, 11) is 0. The van der Waals surface area contributed by atoms with Gasteiger partial charge in [-0.25, -0.2) is 0 Å². The molecule has 0 unspecified atom stereocenters. The molecule has 0 aliphatic carbocycles. The maximum absolute atomic E-state index is 12.5. The Bertz CT molecular complexity index is 734. The number of para-hydroxylation sites is 1. The van der Waals surface area contributed by atoms with Gasteiger partial charge in [-0.3, -0.25) is 9.59 Å². The molecule has 21 heavy (non-hydrogen) atoms. The summed E-state index contributed by atoms with van der Waals surface area (Å²) in [5, 5.41) is 0. The van der Waals surface area contributed by atoms with Gasteiger partial charge in [0.15, 0.2) is 0 Å². The second kappa shape index (κ2) is 5.56. The van der Waals surface area contributed by atoms with Gasteiger partial charge in [0.25, 0.3) is 5.56 Å². The number of aryl methyl sites for hydroxylation is 2. The Labute approximate surface area is 123 Å². The van der Waals surface area contributed by atoms with E-state index in [9.17, 15) is 9.59 Å². The molecule has 0 N–H and O–H groups in total. The molecule has 0 bridgehead atoms. The SMILES string of the molecule is Cc1ccn(CC(=O)N2CCCc3ccccc32)c(=O)c1. The van der Waals surface area contributed by atoms with Gasteiger partial charge in [-0.1, -0.05) is 18.2 Å². The molecular formula is C17H18N2O2. The summed E-state index contributed by atoms with van der Waals surface area (Å²) < 4.78 is 1.46. The van der Waals surface area contributed by atoms with Gasteiger partial charge in [0.2, 0.25) is 5.91 Å². The lowest BCUT2D eigenvalue weighted by Gasteiger charge is -2.29. The third-order valence-corrected chi connectivity index (χ3v) is 3.87. The van der Waals surface area contributed by atoms with E-state index in [4.69, 9.17) is 0 Å². The molecule has 108 valence electrons. The minimum absolute atomic E-state index is 0.0342. The van der Waals surface area contributed by atoms with Crippen LogP contribution in [0, 0.1) is 6.92 Å². The Kier molecular flexibility index (Phi) is 3.60. The average Bonchev–Trinajstić information content (AvgIpc) is 2.49. The number of carbonyl (C=O) groups excluding carboxylic acids is 1. The highest BCUT2D eigenvalue weighted by atomic mass is 16.2. The van der Waals surface area contributed by atoms with Crippen LogP contribution in [-0.2, 0) is 17.8 Å². The third kappa shape index (κ3) is 2.75. The lowest BCUT2D eigenvalue weighted by Crippen LogP contribution is -2.39. The zero-order valence-corrected chi connectivity index (χ0v) is 12.1. The molecule has 1 aromatic heterocycles. The second-order valence-corrected chi connectivity index (χ2v) is 5.45. The molecule has 0 spiro atoms. The summed E-state index contributed by atoms with van der Waals surface area (Å²) in [5.74, 6) is -0.0342. The van der Waals surface area contributed by atoms with E-state index in [2.05, 4.69) is 6.07 Å². The fourth-order valence-electron chi connectivity index (χ4n) is 2.76. The van der Waals surface area contributed by atoms with E-state index in [0.29, 0.717) is 0 Å². The first-order valence-corrected chi connectivity index (χ1v) is 7.20. The van der Waals surface area contributed by atoms with Gasteiger partial charge >= 0.3 is 0 Å². The molecule has 1 aliphatic heterocycles. The Balaban J connectivity index is 1.85. The minimum atomic E-state index is -0.131. The highest BCUT2D eigenvalue weighted by Crippen LogP contribution is 2.26. The van der Waals surface area contributed by atoms with Crippen molar-refractivity contribution in [3.63, 3.8) is 0 Å². The van der Waals surface area contributed by atoms with Crippen molar-refractivity contribution < 1.29 is 4.79 Å². The van der Waals surface area contributed by atoms with Crippen LogP contribution in [0.3, 0.4) is 0 Å². The molecule has 4 heteroatoms. The lowest BCUT2D eigenvalue weighted by molar-refractivity contribution is -0.119. The summed E-state index contributed by atoms with van der Waals surface area (Å²) in [4.78, 5) is 26.2. The molecule has 0 fully saturated rings. The van der Waals surface area contributed by atoms with Crippen molar-refractivity contribution >= 4 is 11.6 Å². The zero-order valence-electron chi connectivity index (χ0n) is 12.1. The van der Waals surface area contributed by atoms with Gasteiger partial charge in [-0.15, -0.1) is 0 Å². The minimum Gasteiger partial charge on any atom is -0.311 e. The maximum Gasteiger partial charge on any atom is 0.251 e. The van der Waals surface area contributed by atoms with Crippen molar-refractivity contribution in [3.05, 3.63) is 64.1 Å². The summed E-state index contributed by atoms with van der Waals surface area (Å²) >= 11 is 0. The highest BCUT2D eigenvalue weighted by Gasteiger charge is 2.22. The third-order valence-electron chi connectivity index (χ3n) is 3.87. The van der Waals surface area contributed by atoms with Gasteiger partial charge in [0.05, 0.1) is 0 Å². The lowest BCUT2D eigenvalue weighted by atomic mass is 10.0. The molecule has 0 saturated heterocycles. The Morgan fingerprint density at radius 3 is 2.86 bits per heavy atom. The van der Waals surface area contributed by atoms with Crippen LogP contribution in [0.25, 0.3) is 0 Å². The van der Waals surface area contributed by atoms with Crippen LogP contribution in [-0.4, -0.2) is 17.0 Å². The van der Waals surface area contributed by atoms with Crippen molar-refractivity contribution in [2.45, 2.75) is 26.3 Å². The fourth-order valence-corrected chi connectivity index (χ4v) is 2.76. The van der Waals surface area contributed by atoms with Crippen molar-refractivity contribution in [1.82, 2.24) is 4.57 Å². The van der Waals surface area contributed by atoms with Gasteiger partial charge < -0.3 is 9.47 Å². The van der Waals surface area contributed by atoms with Crippen molar-refractivity contribution in [3.8, 4) is 0 Å². The number of nitrogens with zero attached hydrogens (tertiary/aromatic N) is 2. The molecule has 2 aromatic rings. The standard InChI is InChI=1S/C17H18N2O2/c1-13-8-10-18(16(20)11-13)12-17(21)19-9-4-6-14-5-2-3-7-15(14)19/h2-3,5,7-8,10-11H,4,6,9,12H2,1H3. The average molecular weight is 282 g/mol. The number of hydrogen-bond acceptors (Lipinski definition) is 2. The Morgan fingerprint density at radius 1 is 1.24 bits per heavy atom. The summed E-state index contributed by atoms with van der Waals surface area (Å²) in [5.41, 5.74) is 2.96. The van der Waals surface area contributed by atoms with E-state index >= 15 is 0 Å². The van der Waals surface area contributed by atoms with Gasteiger partial charge in [0.1, 0.15) is 6.54 Å². The number of fused-ring (bicyclic) bond motifs is 1. The molecular weight excluding hydrogens is 264 g/mol. The van der Waals surface area contributed by atoms with Crippen LogP contribution in [0.1, 0.15) is 17.5 Å². The number of benzene rings is 1. The van der Waals surface area contributed by atoms with Crippen LogP contribution in [0.15, 0.2) is 47.4 Å². The van der Waals surface area contributed by atoms with E-state index < -0.39 is 0 Å². The highest BCUT2D eigenvalue weighted by molar-refractivity contribution is 5.94. The normalized spacial score (nSPS) is 13.9. The number of anilines is 1. The van der Waals surface area contributed by atoms with Crippen LogP contribution < -0.4 is 10.5 Å². The quantitative estimate of drug-likeness (QED) is 0.847. The first-order valence-electron chi connectivity index (χ1n) is 7.20. The molecule has 0 radical (unpaired) electrons. The molecule has 4 nitrogen and oxygen atoms in total. The number of carbonyl (C=O) groups is 1. The van der Waals surface area contributed by atoms with Gasteiger partial charge in [-0.05, 0) is 43.0 Å². The van der Waals surface area contributed by atoms with E-state index in [-0.39, 0.29) is 18.0 Å². The van der Waals surface area contributed by atoms with Crippen LogP contribution in [0.2, 0.25) is 0 Å². The summed E-state index contributed by atoms with van der Waals surface area (Å²) in [6.45, 7) is 2.68. The number of hydrogen-bond donors (Lipinski definition) is 0. The molecule has 0 atom stereocenters. The number of aromatic nitrogens is 1. The van der Waals surface area contributed by atoms with Gasteiger partial charge in [0, 0.05) is 24.5 Å². The molecule has 1 amide bonds. The number of rotatable bonds is 2. The van der Waals surface area contributed by atoms with E-state index in [0.717, 1.165) is 30.6 Å². The van der Waals surface area contributed by atoms with Crippen molar-refractivity contribution in [2.24, 2.45) is 0 Å². The molecule has 1 aliphatic rings. The maximum atomic E-state index is 12.5. The Hall–Kier alpha value is -2.36. The monoisotopic (exact) mass is 282 g/mol. The zero-order chi connectivity index (χ0) is 14.8. The molecule has 1 aromatic carbocycles. The Morgan fingerprint density at radius 2 is 2.05 bits per heavy atom. The number of amides is 1. The van der Waals surface area contributed by atoms with Gasteiger partial charge in [-0.2, -0.15) is 0 Å². The number of pyridine rings is 1. The molecule has 3 rings (SSSR count). The predicted molar refractivity (Wildman–Crippen MR) is 82.6 cm³/mol. The van der Waals surface area contributed by atoms with Crippen molar-refractivity contribution in [1.29, 1.82) is 0 Å². The topological polar surface area (TPSA) is 42.3 Å². The van der Waals surface area contributed by atoms with Crippen LogP contribution in [0.4, 0.5) is 5.69 Å². The second-order valence-electron chi connectivity index (χ2n) is 5.45. The van der Waals surface area contributed by atoms with Crippen molar-refractivity contribution in [2.75, 3.05) is 11.4 Å². The van der Waals surface area contributed by atoms with E-state index in [1.807, 2.05) is 31.2 Å². The summed E-state index contributed by atoms with van der Waals surface area (Å²) in [6.07, 6.45) is 3.65.